The predicted octanol–water partition coefficient (Wildman–Crippen LogP) is 1.80. The largest absolute Gasteiger partial charge is 0.350 e. The van der Waals surface area contributed by atoms with E-state index >= 15 is 0 Å². The molecule has 1 aromatic heterocycles. The van der Waals surface area contributed by atoms with Gasteiger partial charge in [0.15, 0.2) is 0 Å². The minimum Gasteiger partial charge on any atom is -0.350 e. The van der Waals surface area contributed by atoms with Crippen LogP contribution < -0.4 is 5.32 Å². The van der Waals surface area contributed by atoms with Gasteiger partial charge in [-0.2, -0.15) is 5.10 Å². The average molecular weight is 256 g/mol. The van der Waals surface area contributed by atoms with E-state index in [2.05, 4.69) is 10.4 Å². The molecule has 1 N–H and O–H groups in total. The molecule has 17 heavy (non-hydrogen) atoms. The van der Waals surface area contributed by atoms with E-state index in [1.54, 1.807) is 24.0 Å². The van der Waals surface area contributed by atoms with Gasteiger partial charge >= 0.3 is 0 Å². The lowest BCUT2D eigenvalue weighted by Gasteiger charge is -2.17. The monoisotopic (exact) mass is 255 g/mol. The number of hydrogen-bond acceptors (Lipinski definition) is 2. The summed E-state index contributed by atoms with van der Waals surface area (Å²) < 4.78 is 1.59. The van der Waals surface area contributed by atoms with E-state index in [4.69, 9.17) is 11.6 Å². The van der Waals surface area contributed by atoms with Gasteiger partial charge in [0.05, 0.1) is 0 Å². The molecule has 1 aliphatic carbocycles. The zero-order valence-electron chi connectivity index (χ0n) is 10.0. The summed E-state index contributed by atoms with van der Waals surface area (Å²) in [5.74, 6) is 1.74. The fourth-order valence-corrected chi connectivity index (χ4v) is 2.90. The minimum atomic E-state index is -0.0507. The van der Waals surface area contributed by atoms with Crippen molar-refractivity contribution in [3.8, 4) is 0 Å². The number of halogens is 1. The first kappa shape index (κ1) is 12.4. The number of rotatable bonds is 4. The molecule has 94 valence electrons. The molecule has 0 aliphatic heterocycles. The van der Waals surface area contributed by atoms with Crippen LogP contribution in [0.3, 0.4) is 0 Å². The summed E-state index contributed by atoms with van der Waals surface area (Å²) in [6.45, 7) is 0.724. The second-order valence-electron chi connectivity index (χ2n) is 4.66. The number of aromatic nitrogens is 2. The van der Waals surface area contributed by atoms with Gasteiger partial charge in [0, 0.05) is 25.7 Å². The fraction of sp³-hybridized carbons (Fsp3) is 0.667. The van der Waals surface area contributed by atoms with Gasteiger partial charge in [-0.15, -0.1) is 11.6 Å². The molecule has 2 atom stereocenters. The maximum absolute atomic E-state index is 11.9. The van der Waals surface area contributed by atoms with Crippen molar-refractivity contribution in [3.05, 3.63) is 18.0 Å². The highest BCUT2D eigenvalue weighted by atomic mass is 35.5. The highest BCUT2D eigenvalue weighted by Gasteiger charge is 2.26. The lowest BCUT2D eigenvalue weighted by atomic mass is 9.98. The number of hydrogen-bond donors (Lipinski definition) is 1. The van der Waals surface area contributed by atoms with E-state index in [1.807, 2.05) is 0 Å². The molecule has 0 saturated heterocycles. The number of carbonyl (C=O) groups excluding carboxylic acids is 1. The van der Waals surface area contributed by atoms with Crippen molar-refractivity contribution < 1.29 is 4.79 Å². The van der Waals surface area contributed by atoms with Crippen molar-refractivity contribution in [1.82, 2.24) is 15.1 Å². The van der Waals surface area contributed by atoms with Gasteiger partial charge in [0.25, 0.3) is 5.91 Å². The Bertz CT molecular complexity index is 391. The van der Waals surface area contributed by atoms with Crippen LogP contribution in [0.15, 0.2) is 12.3 Å². The molecule has 2 rings (SSSR count). The quantitative estimate of drug-likeness (QED) is 0.834. The molecule has 1 aromatic rings. The number of alkyl halides is 1. The molecule has 1 heterocycles. The summed E-state index contributed by atoms with van der Waals surface area (Å²) in [4.78, 5) is 11.9. The summed E-state index contributed by atoms with van der Waals surface area (Å²) in [6, 6.07) is 1.73. The van der Waals surface area contributed by atoms with Crippen molar-refractivity contribution in [1.29, 1.82) is 0 Å². The molecule has 1 aliphatic rings. The number of amides is 1. The first-order valence-corrected chi connectivity index (χ1v) is 6.58. The first-order chi connectivity index (χ1) is 8.22. The van der Waals surface area contributed by atoms with Crippen LogP contribution in [0.5, 0.6) is 0 Å². The number of aryl methyl sites for hydroxylation is 1. The van der Waals surface area contributed by atoms with Crippen LogP contribution in [0.2, 0.25) is 0 Å². The SMILES string of the molecule is Cn1nccc1C(=O)NCC1CCCC1CCl. The molecule has 0 aromatic carbocycles. The topological polar surface area (TPSA) is 46.9 Å². The Morgan fingerprint density at radius 1 is 1.59 bits per heavy atom. The fourth-order valence-electron chi connectivity index (χ4n) is 2.50. The van der Waals surface area contributed by atoms with E-state index in [9.17, 15) is 4.79 Å². The molecule has 2 unspecified atom stereocenters. The van der Waals surface area contributed by atoms with Gasteiger partial charge in [-0.05, 0) is 30.7 Å². The van der Waals surface area contributed by atoms with Crippen molar-refractivity contribution >= 4 is 17.5 Å². The van der Waals surface area contributed by atoms with Crippen molar-refractivity contribution in [2.75, 3.05) is 12.4 Å². The third kappa shape index (κ3) is 2.80. The highest BCUT2D eigenvalue weighted by molar-refractivity contribution is 6.18. The van der Waals surface area contributed by atoms with E-state index < -0.39 is 0 Å². The van der Waals surface area contributed by atoms with Gasteiger partial charge in [0.1, 0.15) is 5.69 Å². The molecular weight excluding hydrogens is 238 g/mol. The second kappa shape index (κ2) is 5.54. The van der Waals surface area contributed by atoms with Crippen LogP contribution >= 0.6 is 11.6 Å². The van der Waals surface area contributed by atoms with E-state index in [-0.39, 0.29) is 5.91 Å². The van der Waals surface area contributed by atoms with Crippen molar-refractivity contribution in [3.63, 3.8) is 0 Å². The van der Waals surface area contributed by atoms with Crippen LogP contribution in [0.1, 0.15) is 29.8 Å². The standard InChI is InChI=1S/C12H18ClN3O/c1-16-11(5-6-15-16)12(17)14-8-10-4-2-3-9(10)7-13/h5-6,9-10H,2-4,7-8H2,1H3,(H,14,17). The summed E-state index contributed by atoms with van der Waals surface area (Å²) in [5, 5.41) is 6.96. The Hall–Kier alpha value is -1.03. The Balaban J connectivity index is 1.86. The molecule has 1 fully saturated rings. The zero-order valence-corrected chi connectivity index (χ0v) is 10.8. The lowest BCUT2D eigenvalue weighted by Crippen LogP contribution is -2.32. The van der Waals surface area contributed by atoms with Crippen LogP contribution in [0.25, 0.3) is 0 Å². The van der Waals surface area contributed by atoms with Gasteiger partial charge in [-0.25, -0.2) is 0 Å². The van der Waals surface area contributed by atoms with Crippen LogP contribution in [-0.2, 0) is 7.05 Å². The molecule has 1 amide bonds. The van der Waals surface area contributed by atoms with E-state index in [1.165, 1.54) is 19.3 Å². The van der Waals surface area contributed by atoms with Gasteiger partial charge in [-0.1, -0.05) is 6.42 Å². The van der Waals surface area contributed by atoms with Crippen LogP contribution in [0.4, 0.5) is 0 Å². The van der Waals surface area contributed by atoms with Crippen molar-refractivity contribution in [2.24, 2.45) is 18.9 Å². The lowest BCUT2D eigenvalue weighted by molar-refractivity contribution is 0.0935. The summed E-state index contributed by atoms with van der Waals surface area (Å²) in [7, 11) is 1.77. The molecular formula is C12H18ClN3O. The Labute approximate surface area is 106 Å². The smallest absolute Gasteiger partial charge is 0.269 e. The molecule has 1 saturated carbocycles. The second-order valence-corrected chi connectivity index (χ2v) is 4.96. The van der Waals surface area contributed by atoms with E-state index in [0.717, 1.165) is 6.54 Å². The first-order valence-electron chi connectivity index (χ1n) is 6.04. The molecule has 0 bridgehead atoms. The van der Waals surface area contributed by atoms with E-state index in [0.29, 0.717) is 23.4 Å². The normalized spacial score (nSPS) is 23.9. The number of carbonyl (C=O) groups is 1. The zero-order chi connectivity index (χ0) is 12.3. The van der Waals surface area contributed by atoms with Gasteiger partial charge in [-0.3, -0.25) is 9.48 Å². The minimum absolute atomic E-state index is 0.0507. The molecule has 5 heteroatoms. The van der Waals surface area contributed by atoms with Crippen molar-refractivity contribution in [2.45, 2.75) is 19.3 Å². The van der Waals surface area contributed by atoms with Crippen LogP contribution in [-0.4, -0.2) is 28.1 Å². The summed E-state index contributed by atoms with van der Waals surface area (Å²) in [5.41, 5.74) is 0.602. The Morgan fingerprint density at radius 3 is 3.00 bits per heavy atom. The van der Waals surface area contributed by atoms with Gasteiger partial charge in [0.2, 0.25) is 0 Å². The Kier molecular flexibility index (Phi) is 4.05. The molecule has 4 nitrogen and oxygen atoms in total. The Morgan fingerprint density at radius 2 is 2.35 bits per heavy atom. The average Bonchev–Trinajstić information content (AvgIpc) is 2.94. The number of nitrogens with zero attached hydrogens (tertiary/aromatic N) is 2. The highest BCUT2D eigenvalue weighted by Crippen LogP contribution is 2.31. The maximum Gasteiger partial charge on any atom is 0.269 e. The predicted molar refractivity (Wildman–Crippen MR) is 67.1 cm³/mol. The summed E-state index contributed by atoms with van der Waals surface area (Å²) >= 11 is 5.92. The number of nitrogens with one attached hydrogen (secondary N) is 1. The molecule has 0 spiro atoms. The third-order valence-corrected chi connectivity index (χ3v) is 3.99. The third-order valence-electron chi connectivity index (χ3n) is 3.59. The summed E-state index contributed by atoms with van der Waals surface area (Å²) in [6.07, 6.45) is 5.22. The molecule has 0 radical (unpaired) electrons. The van der Waals surface area contributed by atoms with Gasteiger partial charge < -0.3 is 5.32 Å². The van der Waals surface area contributed by atoms with Crippen LogP contribution in [0, 0.1) is 11.8 Å². The maximum atomic E-state index is 11.9.